The predicted octanol–water partition coefficient (Wildman–Crippen LogP) is 0.989. The molecule has 2 heteroatoms. The molecule has 0 spiro atoms. The lowest BCUT2D eigenvalue weighted by atomic mass is 10.1. The molecule has 0 atom stereocenters. The molecule has 0 saturated heterocycles. The van der Waals surface area contributed by atoms with Gasteiger partial charge in [0.1, 0.15) is 0 Å². The zero-order chi connectivity index (χ0) is 7.99. The third-order valence-corrected chi connectivity index (χ3v) is 1.87. The summed E-state index contributed by atoms with van der Waals surface area (Å²) < 4.78 is 0. The molecule has 0 fully saturated rings. The Kier molecular flexibility index (Phi) is 1.34. The highest BCUT2D eigenvalue weighted by Gasteiger charge is 2.34. The molecule has 0 radical (unpaired) electrons. The standard InChI is InChI=1S/C8H16N2/c1-7(2)5-6(9)8(3,4)10-7/h5,10H,9H2,1-4H3. The Morgan fingerprint density at radius 3 is 1.90 bits per heavy atom. The monoisotopic (exact) mass is 140 g/mol. The van der Waals surface area contributed by atoms with Crippen LogP contribution >= 0.6 is 0 Å². The van der Waals surface area contributed by atoms with Gasteiger partial charge in [0, 0.05) is 11.2 Å². The first kappa shape index (κ1) is 7.61. The molecule has 0 aliphatic carbocycles. The average molecular weight is 140 g/mol. The Morgan fingerprint density at radius 2 is 1.80 bits per heavy atom. The summed E-state index contributed by atoms with van der Waals surface area (Å²) in [5, 5.41) is 3.40. The van der Waals surface area contributed by atoms with E-state index in [9.17, 15) is 0 Å². The first-order valence-electron chi connectivity index (χ1n) is 3.62. The second-order valence-corrected chi connectivity index (χ2v) is 4.07. The third-order valence-electron chi connectivity index (χ3n) is 1.87. The van der Waals surface area contributed by atoms with Crippen molar-refractivity contribution in [1.29, 1.82) is 0 Å². The molecule has 3 N–H and O–H groups in total. The van der Waals surface area contributed by atoms with Crippen molar-refractivity contribution in [3.8, 4) is 0 Å². The molecule has 0 aromatic heterocycles. The zero-order valence-corrected chi connectivity index (χ0v) is 7.15. The Labute approximate surface area is 62.5 Å². The lowest BCUT2D eigenvalue weighted by molar-refractivity contribution is 0.386. The largest absolute Gasteiger partial charge is 0.401 e. The second-order valence-electron chi connectivity index (χ2n) is 4.07. The molecule has 1 aliphatic heterocycles. The number of hydrogen-bond acceptors (Lipinski definition) is 2. The van der Waals surface area contributed by atoms with Gasteiger partial charge in [0.25, 0.3) is 0 Å². The van der Waals surface area contributed by atoms with Crippen molar-refractivity contribution in [3.63, 3.8) is 0 Å². The van der Waals surface area contributed by atoms with Crippen molar-refractivity contribution in [2.45, 2.75) is 38.8 Å². The van der Waals surface area contributed by atoms with Crippen LogP contribution in [0.25, 0.3) is 0 Å². The minimum atomic E-state index is -0.0243. The van der Waals surface area contributed by atoms with Crippen LogP contribution in [0.3, 0.4) is 0 Å². The smallest absolute Gasteiger partial charge is 0.0527 e. The highest BCUT2D eigenvalue weighted by Crippen LogP contribution is 2.25. The van der Waals surface area contributed by atoms with E-state index >= 15 is 0 Å². The molecular formula is C8H16N2. The topological polar surface area (TPSA) is 38.0 Å². The minimum Gasteiger partial charge on any atom is -0.401 e. The van der Waals surface area contributed by atoms with E-state index < -0.39 is 0 Å². The van der Waals surface area contributed by atoms with Gasteiger partial charge in [-0.05, 0) is 33.8 Å². The van der Waals surface area contributed by atoms with E-state index in [2.05, 4.69) is 39.1 Å². The summed E-state index contributed by atoms with van der Waals surface area (Å²) in [6.07, 6.45) is 2.08. The number of rotatable bonds is 0. The van der Waals surface area contributed by atoms with Crippen molar-refractivity contribution in [3.05, 3.63) is 11.8 Å². The van der Waals surface area contributed by atoms with Crippen LogP contribution < -0.4 is 11.1 Å². The van der Waals surface area contributed by atoms with Gasteiger partial charge in [0.2, 0.25) is 0 Å². The molecule has 1 aliphatic rings. The van der Waals surface area contributed by atoms with Gasteiger partial charge in [-0.1, -0.05) is 0 Å². The maximum absolute atomic E-state index is 5.79. The Balaban J connectivity index is 2.89. The molecule has 1 rings (SSSR count). The van der Waals surface area contributed by atoms with Gasteiger partial charge in [0.15, 0.2) is 0 Å². The lowest BCUT2D eigenvalue weighted by Gasteiger charge is -2.26. The van der Waals surface area contributed by atoms with E-state index in [0.717, 1.165) is 5.70 Å². The van der Waals surface area contributed by atoms with Crippen LogP contribution in [-0.2, 0) is 0 Å². The van der Waals surface area contributed by atoms with Crippen LogP contribution in [0.5, 0.6) is 0 Å². The fourth-order valence-corrected chi connectivity index (χ4v) is 1.48. The van der Waals surface area contributed by atoms with E-state index in [1.54, 1.807) is 0 Å². The average Bonchev–Trinajstić information content (AvgIpc) is 1.73. The van der Waals surface area contributed by atoms with E-state index in [4.69, 9.17) is 5.73 Å². The van der Waals surface area contributed by atoms with E-state index in [1.807, 2.05) is 0 Å². The van der Waals surface area contributed by atoms with Gasteiger partial charge in [-0.25, -0.2) is 0 Å². The van der Waals surface area contributed by atoms with Gasteiger partial charge < -0.3 is 5.73 Å². The van der Waals surface area contributed by atoms with Crippen molar-refractivity contribution in [1.82, 2.24) is 5.32 Å². The number of hydrogen-bond donors (Lipinski definition) is 2. The highest BCUT2D eigenvalue weighted by molar-refractivity contribution is 5.27. The fraction of sp³-hybridized carbons (Fsp3) is 0.750. The maximum Gasteiger partial charge on any atom is 0.0527 e. The molecule has 0 unspecified atom stereocenters. The molecule has 0 aromatic rings. The summed E-state index contributed by atoms with van der Waals surface area (Å²) in [6, 6.07) is 0. The third kappa shape index (κ3) is 1.16. The molecule has 58 valence electrons. The Bertz CT molecular complexity index is 178. The normalized spacial score (nSPS) is 28.2. The van der Waals surface area contributed by atoms with Crippen LogP contribution in [-0.4, -0.2) is 11.1 Å². The Morgan fingerprint density at radius 1 is 1.30 bits per heavy atom. The fourth-order valence-electron chi connectivity index (χ4n) is 1.48. The molecular weight excluding hydrogens is 124 g/mol. The van der Waals surface area contributed by atoms with Crippen LogP contribution in [0.1, 0.15) is 27.7 Å². The van der Waals surface area contributed by atoms with Gasteiger partial charge in [-0.2, -0.15) is 0 Å². The predicted molar refractivity (Wildman–Crippen MR) is 43.6 cm³/mol. The summed E-state index contributed by atoms with van der Waals surface area (Å²) in [7, 11) is 0. The van der Waals surface area contributed by atoms with Crippen molar-refractivity contribution in [2.24, 2.45) is 5.73 Å². The van der Waals surface area contributed by atoms with E-state index in [0.29, 0.717) is 0 Å². The van der Waals surface area contributed by atoms with Crippen LogP contribution in [0.4, 0.5) is 0 Å². The van der Waals surface area contributed by atoms with Gasteiger partial charge >= 0.3 is 0 Å². The highest BCUT2D eigenvalue weighted by atomic mass is 15.1. The van der Waals surface area contributed by atoms with Gasteiger partial charge in [0.05, 0.1) is 5.54 Å². The van der Waals surface area contributed by atoms with Gasteiger partial charge in [-0.3, -0.25) is 5.32 Å². The lowest BCUT2D eigenvalue weighted by Crippen LogP contribution is -2.46. The summed E-state index contributed by atoms with van der Waals surface area (Å²) in [5.41, 5.74) is 6.77. The summed E-state index contributed by atoms with van der Waals surface area (Å²) in [4.78, 5) is 0. The van der Waals surface area contributed by atoms with Crippen LogP contribution in [0.2, 0.25) is 0 Å². The quantitative estimate of drug-likeness (QED) is 0.526. The second kappa shape index (κ2) is 1.76. The molecule has 0 saturated carbocycles. The van der Waals surface area contributed by atoms with Gasteiger partial charge in [-0.15, -0.1) is 0 Å². The SMILES string of the molecule is CC1(C)C=C(N)C(C)(C)N1. The van der Waals surface area contributed by atoms with Crippen molar-refractivity contribution >= 4 is 0 Å². The molecule has 10 heavy (non-hydrogen) atoms. The summed E-state index contributed by atoms with van der Waals surface area (Å²) in [5.74, 6) is 0. The first-order chi connectivity index (χ1) is 4.33. The van der Waals surface area contributed by atoms with E-state index in [1.165, 1.54) is 0 Å². The summed E-state index contributed by atoms with van der Waals surface area (Å²) in [6.45, 7) is 8.42. The van der Waals surface area contributed by atoms with Crippen molar-refractivity contribution < 1.29 is 0 Å². The van der Waals surface area contributed by atoms with Crippen LogP contribution in [0, 0.1) is 0 Å². The maximum atomic E-state index is 5.79. The first-order valence-corrected chi connectivity index (χ1v) is 3.62. The minimum absolute atomic E-state index is 0.0243. The molecule has 2 nitrogen and oxygen atoms in total. The van der Waals surface area contributed by atoms with E-state index in [-0.39, 0.29) is 11.1 Å². The molecule has 0 aromatic carbocycles. The molecule has 1 heterocycles. The molecule has 0 amide bonds. The van der Waals surface area contributed by atoms with Crippen molar-refractivity contribution in [2.75, 3.05) is 0 Å². The zero-order valence-electron chi connectivity index (χ0n) is 7.15. The number of nitrogens with one attached hydrogen (secondary N) is 1. The molecule has 0 bridgehead atoms. The number of nitrogens with two attached hydrogens (primary N) is 1. The van der Waals surface area contributed by atoms with Crippen LogP contribution in [0.15, 0.2) is 11.8 Å². The Hall–Kier alpha value is -0.500. The summed E-state index contributed by atoms with van der Waals surface area (Å²) >= 11 is 0.